The van der Waals surface area contributed by atoms with E-state index in [-0.39, 0.29) is 11.2 Å². The Hall–Kier alpha value is -1.53. The zero-order valence-corrected chi connectivity index (χ0v) is 10.3. The first-order chi connectivity index (χ1) is 8.61. The number of thioether (sulfide) groups is 1. The molecule has 0 aliphatic carbocycles. The summed E-state index contributed by atoms with van der Waals surface area (Å²) in [6.07, 6.45) is 0.588. The smallest absolute Gasteiger partial charge is 0.328 e. The molecule has 2 atom stereocenters. The highest BCUT2D eigenvalue weighted by Crippen LogP contribution is 2.36. The first-order valence-corrected chi connectivity index (χ1v) is 6.38. The van der Waals surface area contributed by atoms with Gasteiger partial charge in [-0.3, -0.25) is 4.79 Å². The molecule has 96 valence electrons. The summed E-state index contributed by atoms with van der Waals surface area (Å²) in [6.45, 7) is -0.606. The summed E-state index contributed by atoms with van der Waals surface area (Å²) in [5.74, 6) is -1.58. The molecule has 1 aromatic carbocycles. The molecule has 2 rings (SSSR count). The van der Waals surface area contributed by atoms with Crippen LogP contribution in [0, 0.1) is 0 Å². The molecule has 1 aliphatic rings. The molecule has 1 amide bonds. The average molecular weight is 267 g/mol. The maximum absolute atomic E-state index is 11.9. The van der Waals surface area contributed by atoms with Crippen LogP contribution in [0.4, 0.5) is 0 Å². The van der Waals surface area contributed by atoms with Crippen molar-refractivity contribution in [2.24, 2.45) is 0 Å². The van der Waals surface area contributed by atoms with E-state index in [1.54, 1.807) is 0 Å². The molecule has 3 N–H and O–H groups in total. The van der Waals surface area contributed by atoms with E-state index in [1.807, 2.05) is 24.3 Å². The molecule has 1 aliphatic heterocycles. The standard InChI is InChI=1S/C12H13NO4S/c14-6-8(12(16)17)13-11(15)10-5-7-3-1-2-4-9(7)18-10/h1-4,8,10,14H,5-6H2,(H,13,15)(H,16,17)/t8-,10?/m0/s1. The number of nitrogens with one attached hydrogen (secondary N) is 1. The molecule has 0 bridgehead atoms. The molecule has 0 saturated carbocycles. The van der Waals surface area contributed by atoms with Crippen LogP contribution in [0.1, 0.15) is 5.56 Å². The zero-order chi connectivity index (χ0) is 13.1. The number of carbonyl (C=O) groups excluding carboxylic acids is 1. The van der Waals surface area contributed by atoms with Crippen LogP contribution in [0.5, 0.6) is 0 Å². The Morgan fingerprint density at radius 2 is 2.17 bits per heavy atom. The van der Waals surface area contributed by atoms with E-state index in [0.29, 0.717) is 6.42 Å². The molecule has 1 heterocycles. The lowest BCUT2D eigenvalue weighted by Gasteiger charge is -2.14. The number of carboxylic acid groups (broad SMARTS) is 1. The Labute approximate surface area is 108 Å². The molecule has 18 heavy (non-hydrogen) atoms. The van der Waals surface area contributed by atoms with Crippen LogP contribution in [0.2, 0.25) is 0 Å². The molecule has 0 spiro atoms. The second kappa shape index (κ2) is 5.41. The van der Waals surface area contributed by atoms with Crippen molar-refractivity contribution in [3.63, 3.8) is 0 Å². The van der Waals surface area contributed by atoms with Crippen molar-refractivity contribution >= 4 is 23.6 Å². The maximum atomic E-state index is 11.9. The van der Waals surface area contributed by atoms with Crippen LogP contribution in [-0.2, 0) is 16.0 Å². The highest BCUT2D eigenvalue weighted by molar-refractivity contribution is 8.01. The molecule has 0 fully saturated rings. The summed E-state index contributed by atoms with van der Waals surface area (Å²) in [6, 6.07) is 6.47. The Balaban J connectivity index is 1.99. The predicted octanol–water partition coefficient (Wildman–Crippen LogP) is 0.265. The fraction of sp³-hybridized carbons (Fsp3) is 0.333. The number of rotatable bonds is 4. The van der Waals surface area contributed by atoms with Gasteiger partial charge < -0.3 is 15.5 Å². The Kier molecular flexibility index (Phi) is 3.88. The van der Waals surface area contributed by atoms with Gasteiger partial charge in [0.15, 0.2) is 0 Å². The number of carboxylic acids is 1. The van der Waals surface area contributed by atoms with Gasteiger partial charge >= 0.3 is 5.97 Å². The zero-order valence-electron chi connectivity index (χ0n) is 9.50. The summed E-state index contributed by atoms with van der Waals surface area (Å²) in [5, 5.41) is 19.6. The SMILES string of the molecule is O=C(N[C@@H](CO)C(=O)O)C1Cc2ccccc2S1. The number of benzene rings is 1. The lowest BCUT2D eigenvalue weighted by atomic mass is 10.1. The number of aliphatic hydroxyl groups excluding tert-OH is 1. The summed E-state index contributed by atoms with van der Waals surface area (Å²) in [4.78, 5) is 23.6. The van der Waals surface area contributed by atoms with Crippen LogP contribution in [0.3, 0.4) is 0 Å². The second-order valence-electron chi connectivity index (χ2n) is 4.00. The van der Waals surface area contributed by atoms with E-state index in [2.05, 4.69) is 5.32 Å². The fourth-order valence-corrected chi connectivity index (χ4v) is 2.98. The van der Waals surface area contributed by atoms with Crippen molar-refractivity contribution in [1.82, 2.24) is 5.32 Å². The van der Waals surface area contributed by atoms with Crippen LogP contribution in [0.25, 0.3) is 0 Å². The summed E-state index contributed by atoms with van der Waals surface area (Å²) in [7, 11) is 0. The number of aliphatic hydroxyl groups is 1. The first-order valence-electron chi connectivity index (χ1n) is 5.50. The monoisotopic (exact) mass is 267 g/mol. The molecular weight excluding hydrogens is 254 g/mol. The van der Waals surface area contributed by atoms with E-state index in [4.69, 9.17) is 10.2 Å². The van der Waals surface area contributed by atoms with Gasteiger partial charge in [-0.05, 0) is 18.1 Å². The summed E-state index contributed by atoms with van der Waals surface area (Å²) in [5.41, 5.74) is 1.10. The predicted molar refractivity (Wildman–Crippen MR) is 66.4 cm³/mol. The van der Waals surface area contributed by atoms with Gasteiger partial charge in [0.1, 0.15) is 6.04 Å². The number of hydrogen-bond acceptors (Lipinski definition) is 4. The average Bonchev–Trinajstić information content (AvgIpc) is 2.79. The minimum atomic E-state index is -1.23. The van der Waals surface area contributed by atoms with Crippen LogP contribution >= 0.6 is 11.8 Å². The summed E-state index contributed by atoms with van der Waals surface area (Å²) >= 11 is 1.42. The van der Waals surface area contributed by atoms with Gasteiger partial charge in [0, 0.05) is 4.90 Å². The molecule has 0 aromatic heterocycles. The normalized spacial score (nSPS) is 19.1. The Bertz CT molecular complexity index is 452. The van der Waals surface area contributed by atoms with E-state index < -0.39 is 18.6 Å². The van der Waals surface area contributed by atoms with E-state index in [0.717, 1.165) is 10.5 Å². The number of fused-ring (bicyclic) bond motifs is 1. The molecule has 1 aromatic rings. The third-order valence-electron chi connectivity index (χ3n) is 2.74. The lowest BCUT2D eigenvalue weighted by molar-refractivity contribution is -0.142. The quantitative estimate of drug-likeness (QED) is 0.728. The van der Waals surface area contributed by atoms with Gasteiger partial charge in [-0.2, -0.15) is 0 Å². The third-order valence-corrected chi connectivity index (χ3v) is 4.05. The third kappa shape index (κ3) is 2.65. The van der Waals surface area contributed by atoms with Gasteiger partial charge in [0.05, 0.1) is 11.9 Å². The van der Waals surface area contributed by atoms with E-state index in [9.17, 15) is 9.59 Å². The van der Waals surface area contributed by atoms with Gasteiger partial charge in [-0.25, -0.2) is 4.79 Å². The molecule has 5 nitrogen and oxygen atoms in total. The lowest BCUT2D eigenvalue weighted by Crippen LogP contribution is -2.46. The fourth-order valence-electron chi connectivity index (χ4n) is 1.78. The molecule has 1 unspecified atom stereocenters. The van der Waals surface area contributed by atoms with Gasteiger partial charge in [-0.1, -0.05) is 18.2 Å². The van der Waals surface area contributed by atoms with E-state index in [1.165, 1.54) is 11.8 Å². The van der Waals surface area contributed by atoms with Crippen molar-refractivity contribution in [1.29, 1.82) is 0 Å². The van der Waals surface area contributed by atoms with Crippen LogP contribution in [-0.4, -0.2) is 40.0 Å². The maximum Gasteiger partial charge on any atom is 0.328 e. The number of hydrogen-bond donors (Lipinski definition) is 3. The highest BCUT2D eigenvalue weighted by Gasteiger charge is 2.30. The van der Waals surface area contributed by atoms with Crippen molar-refractivity contribution in [3.8, 4) is 0 Å². The van der Waals surface area contributed by atoms with Gasteiger partial charge in [0.2, 0.25) is 5.91 Å². The highest BCUT2D eigenvalue weighted by atomic mass is 32.2. The Morgan fingerprint density at radius 3 is 2.78 bits per heavy atom. The Morgan fingerprint density at radius 1 is 1.44 bits per heavy atom. The summed E-state index contributed by atoms with van der Waals surface area (Å²) < 4.78 is 0. The molecular formula is C12H13NO4S. The number of aliphatic carboxylic acids is 1. The van der Waals surface area contributed by atoms with E-state index >= 15 is 0 Å². The van der Waals surface area contributed by atoms with Crippen molar-refractivity contribution in [3.05, 3.63) is 29.8 Å². The number of amides is 1. The van der Waals surface area contributed by atoms with Crippen molar-refractivity contribution < 1.29 is 19.8 Å². The molecule has 6 heteroatoms. The van der Waals surface area contributed by atoms with Gasteiger partial charge in [0.25, 0.3) is 0 Å². The first kappa shape index (κ1) is 12.9. The number of carbonyl (C=O) groups is 2. The second-order valence-corrected chi connectivity index (χ2v) is 5.24. The molecule has 0 saturated heterocycles. The molecule has 0 radical (unpaired) electrons. The van der Waals surface area contributed by atoms with Gasteiger partial charge in [-0.15, -0.1) is 11.8 Å². The van der Waals surface area contributed by atoms with Crippen molar-refractivity contribution in [2.75, 3.05) is 6.61 Å². The minimum Gasteiger partial charge on any atom is -0.480 e. The van der Waals surface area contributed by atoms with Crippen LogP contribution < -0.4 is 5.32 Å². The topological polar surface area (TPSA) is 86.6 Å². The largest absolute Gasteiger partial charge is 0.480 e. The van der Waals surface area contributed by atoms with Crippen LogP contribution in [0.15, 0.2) is 29.2 Å². The van der Waals surface area contributed by atoms with Crippen molar-refractivity contribution in [2.45, 2.75) is 22.6 Å². The minimum absolute atomic E-state index is 0.323.